The summed E-state index contributed by atoms with van der Waals surface area (Å²) in [7, 11) is -3.45. The third kappa shape index (κ3) is 2.72. The van der Waals surface area contributed by atoms with Crippen LogP contribution >= 0.6 is 0 Å². The van der Waals surface area contributed by atoms with Crippen molar-refractivity contribution >= 4 is 21.8 Å². The maximum Gasteiger partial charge on any atom is 0.257 e. The fraction of sp³-hybridized carbons (Fsp3) is 0.176. The molecule has 21 heavy (non-hydrogen) atoms. The summed E-state index contributed by atoms with van der Waals surface area (Å²) in [4.78, 5) is 0. The zero-order chi connectivity index (χ0) is 14.9. The quantitative estimate of drug-likeness (QED) is 0.868. The number of nitrogens with zero attached hydrogens (tertiary/aromatic N) is 1. The average Bonchev–Trinajstić information content (AvgIpc) is 2.85. The Morgan fingerprint density at radius 3 is 2.48 bits per heavy atom. The summed E-state index contributed by atoms with van der Waals surface area (Å²) in [6, 6.07) is 17.1. The highest BCUT2D eigenvalue weighted by Crippen LogP contribution is 2.37. The minimum absolute atomic E-state index is 0.223. The van der Waals surface area contributed by atoms with Crippen molar-refractivity contribution < 1.29 is 8.42 Å². The second-order valence-corrected chi connectivity index (χ2v) is 6.99. The van der Waals surface area contributed by atoms with Crippen molar-refractivity contribution in [1.29, 1.82) is 0 Å². The van der Waals surface area contributed by atoms with E-state index in [0.717, 1.165) is 16.8 Å². The number of sulfonamides is 1. The Bertz CT molecular complexity index is 766. The van der Waals surface area contributed by atoms with Gasteiger partial charge in [0, 0.05) is 12.5 Å². The predicted octanol–water partition coefficient (Wildman–Crippen LogP) is 3.61. The molecule has 2 aromatic rings. The smallest absolute Gasteiger partial charge is 0.257 e. The van der Waals surface area contributed by atoms with Gasteiger partial charge in [0.25, 0.3) is 10.0 Å². The van der Waals surface area contributed by atoms with Crippen LogP contribution in [-0.4, -0.2) is 15.0 Å². The summed E-state index contributed by atoms with van der Waals surface area (Å²) < 4.78 is 26.6. The molecule has 0 saturated heterocycles. The van der Waals surface area contributed by atoms with E-state index in [2.05, 4.69) is 6.92 Å². The lowest BCUT2D eigenvalue weighted by Gasteiger charge is -2.17. The van der Waals surface area contributed by atoms with E-state index in [-0.39, 0.29) is 5.92 Å². The number of benzene rings is 2. The van der Waals surface area contributed by atoms with Crippen LogP contribution in [0.15, 0.2) is 60.0 Å². The highest BCUT2D eigenvalue weighted by atomic mass is 32.2. The van der Waals surface area contributed by atoms with Crippen molar-refractivity contribution in [3.63, 3.8) is 0 Å². The maximum atomic E-state index is 12.6. The highest BCUT2D eigenvalue weighted by molar-refractivity contribution is 7.95. The van der Waals surface area contributed by atoms with Crippen molar-refractivity contribution in [3.8, 4) is 0 Å². The van der Waals surface area contributed by atoms with Crippen molar-refractivity contribution in [2.75, 3.05) is 10.8 Å². The topological polar surface area (TPSA) is 37.4 Å². The Morgan fingerprint density at radius 2 is 1.71 bits per heavy atom. The van der Waals surface area contributed by atoms with Crippen LogP contribution < -0.4 is 4.31 Å². The first-order valence-corrected chi connectivity index (χ1v) is 8.43. The Balaban J connectivity index is 1.92. The second-order valence-electron chi connectivity index (χ2n) is 5.25. The Labute approximate surface area is 125 Å². The molecular formula is C17H17NO2S. The van der Waals surface area contributed by atoms with E-state index in [1.807, 2.05) is 54.6 Å². The number of hydrogen-bond donors (Lipinski definition) is 0. The molecule has 0 saturated carbocycles. The molecule has 0 aromatic heterocycles. The fourth-order valence-electron chi connectivity index (χ4n) is 2.62. The summed E-state index contributed by atoms with van der Waals surface area (Å²) in [5.74, 6) is 0.223. The molecule has 0 bridgehead atoms. The van der Waals surface area contributed by atoms with Crippen molar-refractivity contribution in [1.82, 2.24) is 0 Å². The van der Waals surface area contributed by atoms with E-state index < -0.39 is 10.0 Å². The van der Waals surface area contributed by atoms with Crippen molar-refractivity contribution in [3.05, 3.63) is 71.1 Å². The lowest BCUT2D eigenvalue weighted by molar-refractivity contribution is 0.599. The van der Waals surface area contributed by atoms with Gasteiger partial charge in [0.1, 0.15) is 0 Å². The van der Waals surface area contributed by atoms with E-state index in [1.54, 1.807) is 6.08 Å². The molecular weight excluding hydrogens is 282 g/mol. The molecule has 0 N–H and O–H groups in total. The van der Waals surface area contributed by atoms with Gasteiger partial charge in [-0.25, -0.2) is 8.42 Å². The van der Waals surface area contributed by atoms with Gasteiger partial charge in [0.05, 0.1) is 11.1 Å². The van der Waals surface area contributed by atoms with Crippen LogP contribution in [-0.2, 0) is 10.0 Å². The molecule has 108 valence electrons. The van der Waals surface area contributed by atoms with E-state index in [9.17, 15) is 8.42 Å². The zero-order valence-electron chi connectivity index (χ0n) is 11.8. The molecule has 2 aromatic carbocycles. The normalized spacial score (nSPS) is 18.1. The van der Waals surface area contributed by atoms with Crippen LogP contribution in [0.1, 0.15) is 24.0 Å². The first kappa shape index (κ1) is 13.9. The number of rotatable bonds is 3. The van der Waals surface area contributed by atoms with Gasteiger partial charge in [-0.1, -0.05) is 55.5 Å². The molecule has 0 amide bonds. The van der Waals surface area contributed by atoms with E-state index in [0.29, 0.717) is 6.54 Å². The van der Waals surface area contributed by atoms with Crippen LogP contribution in [0.2, 0.25) is 0 Å². The standard InChI is InChI=1S/C17H17NO2S/c1-14-13-18(17-10-6-5-9-16(14)17)21(19,20)12-11-15-7-3-2-4-8-15/h2-12,14H,13H2,1H3/b12-11+. The maximum absolute atomic E-state index is 12.6. The summed E-state index contributed by atoms with van der Waals surface area (Å²) in [6.07, 6.45) is 1.64. The Hall–Kier alpha value is -2.07. The minimum atomic E-state index is -3.45. The van der Waals surface area contributed by atoms with Gasteiger partial charge in [-0.15, -0.1) is 0 Å². The Morgan fingerprint density at radius 1 is 1.05 bits per heavy atom. The van der Waals surface area contributed by atoms with Crippen LogP contribution in [0.25, 0.3) is 6.08 Å². The predicted molar refractivity (Wildman–Crippen MR) is 86.6 cm³/mol. The fourth-order valence-corrected chi connectivity index (χ4v) is 3.97. The molecule has 1 heterocycles. The zero-order valence-corrected chi connectivity index (χ0v) is 12.6. The van der Waals surface area contributed by atoms with E-state index in [4.69, 9.17) is 0 Å². The number of fused-ring (bicyclic) bond motifs is 1. The molecule has 3 nitrogen and oxygen atoms in total. The molecule has 0 fully saturated rings. The van der Waals surface area contributed by atoms with Gasteiger partial charge in [-0.2, -0.15) is 0 Å². The largest absolute Gasteiger partial charge is 0.266 e. The van der Waals surface area contributed by atoms with Gasteiger partial charge in [-0.05, 0) is 23.3 Å². The van der Waals surface area contributed by atoms with Crippen molar-refractivity contribution in [2.24, 2.45) is 0 Å². The molecule has 3 rings (SSSR count). The first-order chi connectivity index (χ1) is 10.1. The molecule has 1 atom stereocenters. The number of anilines is 1. The molecule has 1 aliphatic heterocycles. The summed E-state index contributed by atoms with van der Waals surface area (Å²) >= 11 is 0. The molecule has 0 aliphatic carbocycles. The second kappa shape index (κ2) is 5.37. The number of para-hydroxylation sites is 1. The molecule has 4 heteroatoms. The summed E-state index contributed by atoms with van der Waals surface area (Å²) in [6.45, 7) is 2.55. The van der Waals surface area contributed by atoms with Gasteiger partial charge >= 0.3 is 0 Å². The average molecular weight is 299 g/mol. The van der Waals surface area contributed by atoms with E-state index in [1.165, 1.54) is 9.71 Å². The highest BCUT2D eigenvalue weighted by Gasteiger charge is 2.31. The third-order valence-corrected chi connectivity index (χ3v) is 5.16. The minimum Gasteiger partial charge on any atom is -0.266 e. The van der Waals surface area contributed by atoms with E-state index >= 15 is 0 Å². The lowest BCUT2D eigenvalue weighted by atomic mass is 10.0. The molecule has 0 spiro atoms. The molecule has 0 radical (unpaired) electrons. The molecule has 1 aliphatic rings. The Kier molecular flexibility index (Phi) is 3.55. The lowest BCUT2D eigenvalue weighted by Crippen LogP contribution is -2.27. The summed E-state index contributed by atoms with van der Waals surface area (Å²) in [5, 5.41) is 1.29. The number of hydrogen-bond acceptors (Lipinski definition) is 2. The monoisotopic (exact) mass is 299 g/mol. The SMILES string of the molecule is CC1CN(S(=O)(=O)/C=C/c2ccccc2)c2ccccc21. The van der Waals surface area contributed by atoms with Crippen molar-refractivity contribution in [2.45, 2.75) is 12.8 Å². The third-order valence-electron chi connectivity index (χ3n) is 3.72. The van der Waals surface area contributed by atoms with Gasteiger partial charge in [0.15, 0.2) is 0 Å². The van der Waals surface area contributed by atoms with Gasteiger partial charge < -0.3 is 0 Å². The van der Waals surface area contributed by atoms with Crippen LogP contribution in [0.4, 0.5) is 5.69 Å². The van der Waals surface area contributed by atoms with Gasteiger partial charge in [0.2, 0.25) is 0 Å². The first-order valence-electron chi connectivity index (χ1n) is 6.93. The van der Waals surface area contributed by atoms with Crippen LogP contribution in [0.3, 0.4) is 0 Å². The summed E-state index contributed by atoms with van der Waals surface area (Å²) in [5.41, 5.74) is 2.76. The van der Waals surface area contributed by atoms with Gasteiger partial charge in [-0.3, -0.25) is 4.31 Å². The van der Waals surface area contributed by atoms with Crippen LogP contribution in [0.5, 0.6) is 0 Å². The molecule has 1 unspecified atom stereocenters. The van der Waals surface area contributed by atoms with Crippen LogP contribution in [0, 0.1) is 0 Å².